The van der Waals surface area contributed by atoms with Crippen LogP contribution in [0.15, 0.2) is 28.9 Å². The van der Waals surface area contributed by atoms with Crippen molar-refractivity contribution >= 4 is 27.3 Å². The maximum Gasteiger partial charge on any atom is 0.124 e. The van der Waals surface area contributed by atoms with Gasteiger partial charge < -0.3 is 5.73 Å². The van der Waals surface area contributed by atoms with Crippen LogP contribution in [0.3, 0.4) is 0 Å². The van der Waals surface area contributed by atoms with Crippen molar-refractivity contribution in [1.29, 1.82) is 0 Å². The van der Waals surface area contributed by atoms with Crippen LogP contribution in [-0.2, 0) is 6.54 Å². The van der Waals surface area contributed by atoms with Crippen molar-refractivity contribution in [3.8, 4) is 10.6 Å². The van der Waals surface area contributed by atoms with Gasteiger partial charge in [-0.15, -0.1) is 11.3 Å². The molecule has 0 radical (unpaired) electrons. The Bertz CT molecular complexity index is 479. The van der Waals surface area contributed by atoms with Gasteiger partial charge in [0.2, 0.25) is 0 Å². The number of nitrogens with zero attached hydrogens (tertiary/aromatic N) is 1. The largest absolute Gasteiger partial charge is 0.326 e. The third-order valence-electron chi connectivity index (χ3n) is 2.11. The SMILES string of the molecule is Cc1ccc(-c2ncc(CN)s2)c(Br)c1. The molecule has 15 heavy (non-hydrogen) atoms. The van der Waals surface area contributed by atoms with Crippen LogP contribution in [0.4, 0.5) is 0 Å². The summed E-state index contributed by atoms with van der Waals surface area (Å²) in [6.45, 7) is 2.63. The van der Waals surface area contributed by atoms with Crippen molar-refractivity contribution in [2.75, 3.05) is 0 Å². The Kier molecular flexibility index (Phi) is 3.19. The number of hydrogen-bond donors (Lipinski definition) is 1. The number of aromatic nitrogens is 1. The lowest BCUT2D eigenvalue weighted by atomic mass is 10.2. The van der Waals surface area contributed by atoms with E-state index in [-0.39, 0.29) is 0 Å². The maximum absolute atomic E-state index is 5.56. The van der Waals surface area contributed by atoms with Crippen LogP contribution in [0, 0.1) is 6.92 Å². The average molecular weight is 283 g/mol. The number of nitrogens with two attached hydrogens (primary N) is 1. The molecule has 1 aromatic heterocycles. The monoisotopic (exact) mass is 282 g/mol. The van der Waals surface area contributed by atoms with E-state index in [0.29, 0.717) is 6.54 Å². The van der Waals surface area contributed by atoms with E-state index in [1.165, 1.54) is 5.56 Å². The van der Waals surface area contributed by atoms with E-state index < -0.39 is 0 Å². The van der Waals surface area contributed by atoms with Crippen LogP contribution >= 0.6 is 27.3 Å². The molecule has 0 atom stereocenters. The molecule has 0 aliphatic carbocycles. The van der Waals surface area contributed by atoms with Crippen molar-refractivity contribution in [2.24, 2.45) is 5.73 Å². The molecule has 0 fully saturated rings. The van der Waals surface area contributed by atoms with Gasteiger partial charge >= 0.3 is 0 Å². The van der Waals surface area contributed by atoms with Crippen molar-refractivity contribution in [3.05, 3.63) is 39.3 Å². The third-order valence-corrected chi connectivity index (χ3v) is 3.82. The van der Waals surface area contributed by atoms with E-state index in [0.717, 1.165) is 19.9 Å². The normalized spacial score (nSPS) is 10.6. The lowest BCUT2D eigenvalue weighted by molar-refractivity contribution is 1.10. The molecule has 1 heterocycles. The quantitative estimate of drug-likeness (QED) is 0.918. The molecule has 0 aliphatic heterocycles. The molecule has 0 unspecified atom stereocenters. The Morgan fingerprint density at radius 3 is 2.87 bits per heavy atom. The molecule has 0 spiro atoms. The lowest BCUT2D eigenvalue weighted by Gasteiger charge is -2.01. The van der Waals surface area contributed by atoms with Gasteiger partial charge in [0.1, 0.15) is 5.01 Å². The Balaban J connectivity index is 2.44. The molecule has 2 nitrogen and oxygen atoms in total. The zero-order valence-electron chi connectivity index (χ0n) is 8.33. The highest BCUT2D eigenvalue weighted by Gasteiger charge is 2.07. The molecule has 4 heteroatoms. The van der Waals surface area contributed by atoms with Crippen LogP contribution in [0.25, 0.3) is 10.6 Å². The van der Waals surface area contributed by atoms with E-state index in [2.05, 4.69) is 46.0 Å². The highest BCUT2D eigenvalue weighted by molar-refractivity contribution is 9.10. The number of aryl methyl sites for hydroxylation is 1. The molecular formula is C11H11BrN2S. The minimum Gasteiger partial charge on any atom is -0.326 e. The smallest absolute Gasteiger partial charge is 0.124 e. The number of thiazole rings is 1. The third kappa shape index (κ3) is 2.27. The number of hydrogen-bond acceptors (Lipinski definition) is 3. The maximum atomic E-state index is 5.56. The van der Waals surface area contributed by atoms with Gasteiger partial charge in [-0.1, -0.05) is 28.1 Å². The molecule has 0 saturated heterocycles. The minimum atomic E-state index is 0.557. The molecule has 1 aromatic carbocycles. The second kappa shape index (κ2) is 4.43. The van der Waals surface area contributed by atoms with Crippen molar-refractivity contribution < 1.29 is 0 Å². The van der Waals surface area contributed by atoms with Crippen LogP contribution in [0.2, 0.25) is 0 Å². The first kappa shape index (κ1) is 10.8. The van der Waals surface area contributed by atoms with Gasteiger partial charge in [0.05, 0.1) is 0 Å². The summed E-state index contributed by atoms with van der Waals surface area (Å²) in [5, 5.41) is 1.02. The van der Waals surface area contributed by atoms with E-state index in [9.17, 15) is 0 Å². The van der Waals surface area contributed by atoms with Crippen molar-refractivity contribution in [3.63, 3.8) is 0 Å². The fourth-order valence-electron chi connectivity index (χ4n) is 1.32. The highest BCUT2D eigenvalue weighted by Crippen LogP contribution is 2.31. The summed E-state index contributed by atoms with van der Waals surface area (Å²) in [6.07, 6.45) is 1.84. The van der Waals surface area contributed by atoms with Crippen LogP contribution in [0.5, 0.6) is 0 Å². The van der Waals surface area contributed by atoms with Crippen molar-refractivity contribution in [1.82, 2.24) is 4.98 Å². The number of halogens is 1. The molecule has 2 rings (SSSR count). The standard InChI is InChI=1S/C11H11BrN2S/c1-7-2-3-9(10(12)4-7)11-14-6-8(5-13)15-11/h2-4,6H,5,13H2,1H3. The van der Waals surface area contributed by atoms with Gasteiger partial charge in [-0.25, -0.2) is 4.98 Å². The summed E-state index contributed by atoms with van der Waals surface area (Å²) < 4.78 is 1.08. The van der Waals surface area contributed by atoms with Gasteiger partial charge in [-0.3, -0.25) is 0 Å². The summed E-state index contributed by atoms with van der Waals surface area (Å²) in [7, 11) is 0. The topological polar surface area (TPSA) is 38.9 Å². The van der Waals surface area contributed by atoms with Gasteiger partial charge in [0, 0.05) is 27.7 Å². The van der Waals surface area contributed by atoms with Crippen LogP contribution < -0.4 is 5.73 Å². The molecule has 78 valence electrons. The summed E-state index contributed by atoms with van der Waals surface area (Å²) in [6, 6.07) is 6.26. The minimum absolute atomic E-state index is 0.557. The molecule has 0 saturated carbocycles. The van der Waals surface area contributed by atoms with E-state index in [1.54, 1.807) is 11.3 Å². The molecule has 0 aliphatic rings. The molecule has 0 bridgehead atoms. The Morgan fingerprint density at radius 2 is 2.27 bits per heavy atom. The lowest BCUT2D eigenvalue weighted by Crippen LogP contribution is -1.91. The van der Waals surface area contributed by atoms with Gasteiger partial charge in [0.25, 0.3) is 0 Å². The Hall–Kier alpha value is -0.710. The summed E-state index contributed by atoms with van der Waals surface area (Å²) in [4.78, 5) is 5.47. The molecule has 2 N–H and O–H groups in total. The molecule has 0 amide bonds. The zero-order valence-corrected chi connectivity index (χ0v) is 10.7. The summed E-state index contributed by atoms with van der Waals surface area (Å²) >= 11 is 5.19. The van der Waals surface area contributed by atoms with Crippen molar-refractivity contribution in [2.45, 2.75) is 13.5 Å². The second-order valence-corrected chi connectivity index (χ2v) is 5.29. The first-order valence-corrected chi connectivity index (χ1v) is 6.23. The van der Waals surface area contributed by atoms with Gasteiger partial charge in [-0.2, -0.15) is 0 Å². The number of benzene rings is 1. The Morgan fingerprint density at radius 1 is 1.47 bits per heavy atom. The van der Waals surface area contributed by atoms with E-state index in [4.69, 9.17) is 5.73 Å². The Labute approximate surface area is 101 Å². The number of rotatable bonds is 2. The van der Waals surface area contributed by atoms with Gasteiger partial charge in [-0.05, 0) is 18.6 Å². The first-order chi connectivity index (χ1) is 7.20. The summed E-state index contributed by atoms with van der Waals surface area (Å²) in [5.74, 6) is 0. The zero-order chi connectivity index (χ0) is 10.8. The molecular weight excluding hydrogens is 272 g/mol. The second-order valence-electron chi connectivity index (χ2n) is 3.32. The van der Waals surface area contributed by atoms with Gasteiger partial charge in [0.15, 0.2) is 0 Å². The average Bonchev–Trinajstić information content (AvgIpc) is 2.66. The summed E-state index contributed by atoms with van der Waals surface area (Å²) in [5.41, 5.74) is 7.93. The van der Waals surface area contributed by atoms with E-state index >= 15 is 0 Å². The van der Waals surface area contributed by atoms with E-state index in [1.807, 2.05) is 6.20 Å². The fraction of sp³-hybridized carbons (Fsp3) is 0.182. The fourth-order valence-corrected chi connectivity index (χ4v) is 2.96. The highest BCUT2D eigenvalue weighted by atomic mass is 79.9. The van der Waals surface area contributed by atoms with Crippen LogP contribution in [0.1, 0.15) is 10.4 Å². The predicted molar refractivity (Wildman–Crippen MR) is 67.9 cm³/mol. The van der Waals surface area contributed by atoms with Crippen LogP contribution in [-0.4, -0.2) is 4.98 Å². The molecule has 2 aromatic rings. The predicted octanol–water partition coefficient (Wildman–Crippen LogP) is 3.34. The first-order valence-electron chi connectivity index (χ1n) is 4.62.